The summed E-state index contributed by atoms with van der Waals surface area (Å²) in [6.07, 6.45) is 0.616. The minimum atomic E-state index is -1.08. The standard InChI is InChI=1S/C22H26N2O4/c1-4-22(5-2,21(27)28)14-19(25)24-18-13-9-12-17(15(18)3)20(26)23-16-10-7-6-8-11-16/h6-13H,4-5,14H2,1-3H3,(H,23,26)(H,24,25)(H,27,28). The van der Waals surface area contributed by atoms with E-state index in [9.17, 15) is 19.5 Å². The molecule has 0 saturated carbocycles. The number of carbonyl (C=O) groups is 3. The van der Waals surface area contributed by atoms with Crippen LogP contribution in [0.25, 0.3) is 0 Å². The maximum absolute atomic E-state index is 12.6. The number of carboxylic acids is 1. The Labute approximate surface area is 165 Å². The van der Waals surface area contributed by atoms with E-state index in [0.29, 0.717) is 35.3 Å². The molecule has 0 radical (unpaired) electrons. The summed E-state index contributed by atoms with van der Waals surface area (Å²) in [5.41, 5.74) is 1.16. The zero-order valence-corrected chi connectivity index (χ0v) is 16.4. The first-order valence-electron chi connectivity index (χ1n) is 9.32. The number of rotatable bonds is 8. The predicted molar refractivity (Wildman–Crippen MR) is 109 cm³/mol. The van der Waals surface area contributed by atoms with Crippen LogP contribution in [0.15, 0.2) is 48.5 Å². The van der Waals surface area contributed by atoms with Crippen LogP contribution in [0, 0.1) is 12.3 Å². The molecular weight excluding hydrogens is 356 g/mol. The summed E-state index contributed by atoms with van der Waals surface area (Å²) in [6.45, 7) is 5.29. The third-order valence-electron chi connectivity index (χ3n) is 5.19. The fourth-order valence-electron chi connectivity index (χ4n) is 3.12. The zero-order chi connectivity index (χ0) is 20.7. The van der Waals surface area contributed by atoms with Crippen molar-refractivity contribution in [3.05, 3.63) is 59.7 Å². The van der Waals surface area contributed by atoms with Crippen molar-refractivity contribution in [3.8, 4) is 0 Å². The Morgan fingerprint density at radius 3 is 2.14 bits per heavy atom. The molecule has 0 atom stereocenters. The summed E-state index contributed by atoms with van der Waals surface area (Å²) in [5, 5.41) is 15.1. The molecule has 2 aromatic carbocycles. The lowest BCUT2D eigenvalue weighted by Crippen LogP contribution is -2.34. The van der Waals surface area contributed by atoms with E-state index in [0.717, 1.165) is 0 Å². The van der Waals surface area contributed by atoms with Crippen LogP contribution in [0.4, 0.5) is 11.4 Å². The van der Waals surface area contributed by atoms with Gasteiger partial charge in [-0.3, -0.25) is 14.4 Å². The zero-order valence-electron chi connectivity index (χ0n) is 16.4. The molecule has 0 aromatic heterocycles. The number of hydrogen-bond acceptors (Lipinski definition) is 3. The van der Waals surface area contributed by atoms with E-state index in [4.69, 9.17) is 0 Å². The largest absolute Gasteiger partial charge is 0.481 e. The Bertz CT molecular complexity index is 858. The number of amides is 2. The summed E-state index contributed by atoms with van der Waals surface area (Å²) in [7, 11) is 0. The third kappa shape index (κ3) is 4.76. The van der Waals surface area contributed by atoms with Gasteiger partial charge in [0.05, 0.1) is 5.41 Å². The van der Waals surface area contributed by atoms with Gasteiger partial charge in [-0.15, -0.1) is 0 Å². The van der Waals surface area contributed by atoms with Gasteiger partial charge in [-0.1, -0.05) is 38.1 Å². The summed E-state index contributed by atoms with van der Waals surface area (Å²) < 4.78 is 0. The van der Waals surface area contributed by atoms with Crippen LogP contribution < -0.4 is 10.6 Å². The normalized spacial score (nSPS) is 11.0. The molecule has 28 heavy (non-hydrogen) atoms. The van der Waals surface area contributed by atoms with Crippen molar-refractivity contribution >= 4 is 29.2 Å². The minimum absolute atomic E-state index is 0.116. The van der Waals surface area contributed by atoms with Gasteiger partial charge in [0, 0.05) is 23.4 Å². The van der Waals surface area contributed by atoms with Gasteiger partial charge in [-0.05, 0) is 49.6 Å². The van der Waals surface area contributed by atoms with Crippen LogP contribution in [-0.4, -0.2) is 22.9 Å². The molecule has 0 aliphatic rings. The Morgan fingerprint density at radius 2 is 1.57 bits per heavy atom. The molecule has 0 heterocycles. The SMILES string of the molecule is CCC(CC)(CC(=O)Nc1cccc(C(=O)Nc2ccccc2)c1C)C(=O)O. The molecule has 2 aromatic rings. The van der Waals surface area contributed by atoms with Gasteiger partial charge in [0.25, 0.3) is 5.91 Å². The molecule has 2 rings (SSSR count). The molecule has 6 nitrogen and oxygen atoms in total. The molecule has 148 valence electrons. The van der Waals surface area contributed by atoms with Crippen LogP contribution in [0.2, 0.25) is 0 Å². The van der Waals surface area contributed by atoms with Crippen molar-refractivity contribution in [2.75, 3.05) is 10.6 Å². The molecule has 0 aliphatic carbocycles. The van der Waals surface area contributed by atoms with Crippen LogP contribution in [-0.2, 0) is 9.59 Å². The first-order chi connectivity index (χ1) is 13.3. The van der Waals surface area contributed by atoms with E-state index in [1.807, 2.05) is 18.2 Å². The highest BCUT2D eigenvalue weighted by Gasteiger charge is 2.37. The lowest BCUT2D eigenvalue weighted by Gasteiger charge is -2.26. The Morgan fingerprint density at radius 1 is 0.929 bits per heavy atom. The smallest absolute Gasteiger partial charge is 0.310 e. The minimum Gasteiger partial charge on any atom is -0.481 e. The molecular formula is C22H26N2O4. The van der Waals surface area contributed by atoms with Crippen LogP contribution in [0.3, 0.4) is 0 Å². The van der Waals surface area contributed by atoms with Gasteiger partial charge in [0.15, 0.2) is 0 Å². The summed E-state index contributed by atoms with van der Waals surface area (Å²) >= 11 is 0. The molecule has 0 unspecified atom stereocenters. The van der Waals surface area contributed by atoms with E-state index in [1.54, 1.807) is 51.1 Å². The molecule has 0 aliphatic heterocycles. The highest BCUT2D eigenvalue weighted by atomic mass is 16.4. The van der Waals surface area contributed by atoms with Crippen LogP contribution >= 0.6 is 0 Å². The second kappa shape index (κ2) is 9.17. The molecule has 3 N–H and O–H groups in total. The highest BCUT2D eigenvalue weighted by Crippen LogP contribution is 2.32. The van der Waals surface area contributed by atoms with Crippen LogP contribution in [0.1, 0.15) is 49.0 Å². The number of carbonyl (C=O) groups excluding carboxylic acids is 2. The summed E-state index contributed by atoms with van der Waals surface area (Å²) in [5.74, 6) is -1.63. The highest BCUT2D eigenvalue weighted by molar-refractivity contribution is 6.07. The van der Waals surface area contributed by atoms with E-state index < -0.39 is 11.4 Å². The van der Waals surface area contributed by atoms with Gasteiger partial charge in [-0.25, -0.2) is 0 Å². The van der Waals surface area contributed by atoms with Crippen LogP contribution in [0.5, 0.6) is 0 Å². The Balaban J connectivity index is 2.17. The lowest BCUT2D eigenvalue weighted by molar-refractivity contribution is -0.151. The fourth-order valence-corrected chi connectivity index (χ4v) is 3.12. The first-order valence-corrected chi connectivity index (χ1v) is 9.32. The molecule has 2 amide bonds. The second-order valence-corrected chi connectivity index (χ2v) is 6.82. The Hall–Kier alpha value is -3.15. The van der Waals surface area contributed by atoms with Gasteiger partial charge < -0.3 is 15.7 Å². The molecule has 6 heteroatoms. The number of hydrogen-bond donors (Lipinski definition) is 3. The van der Waals surface area contributed by atoms with E-state index in [1.165, 1.54) is 0 Å². The lowest BCUT2D eigenvalue weighted by atomic mass is 9.79. The quantitative estimate of drug-likeness (QED) is 0.628. The number of benzene rings is 2. The topological polar surface area (TPSA) is 95.5 Å². The van der Waals surface area contributed by atoms with Gasteiger partial charge in [0.2, 0.25) is 5.91 Å². The van der Waals surface area contributed by atoms with Crippen molar-refractivity contribution in [3.63, 3.8) is 0 Å². The molecule has 0 bridgehead atoms. The summed E-state index contributed by atoms with van der Waals surface area (Å²) in [6, 6.07) is 14.2. The number of para-hydroxylation sites is 1. The number of carboxylic acid groups (broad SMARTS) is 1. The summed E-state index contributed by atoms with van der Waals surface area (Å²) in [4.78, 5) is 36.7. The van der Waals surface area contributed by atoms with Crippen molar-refractivity contribution in [1.82, 2.24) is 0 Å². The monoisotopic (exact) mass is 382 g/mol. The Kier molecular flexibility index (Phi) is 6.93. The van der Waals surface area contributed by atoms with E-state index in [2.05, 4.69) is 10.6 Å². The van der Waals surface area contributed by atoms with Crippen molar-refractivity contribution in [1.29, 1.82) is 0 Å². The fraction of sp³-hybridized carbons (Fsp3) is 0.318. The molecule has 0 saturated heterocycles. The van der Waals surface area contributed by atoms with Crippen molar-refractivity contribution in [2.24, 2.45) is 5.41 Å². The molecule has 0 fully saturated rings. The first kappa shape index (κ1) is 21.2. The maximum Gasteiger partial charge on any atom is 0.310 e. The predicted octanol–water partition coefficient (Wildman–Crippen LogP) is 4.47. The van der Waals surface area contributed by atoms with Crippen molar-refractivity contribution in [2.45, 2.75) is 40.0 Å². The van der Waals surface area contributed by atoms with Gasteiger partial charge in [0.1, 0.15) is 0 Å². The number of anilines is 2. The number of aliphatic carboxylic acids is 1. The average molecular weight is 382 g/mol. The number of nitrogens with one attached hydrogen (secondary N) is 2. The van der Waals surface area contributed by atoms with Gasteiger partial charge >= 0.3 is 5.97 Å². The van der Waals surface area contributed by atoms with E-state index >= 15 is 0 Å². The van der Waals surface area contributed by atoms with E-state index in [-0.39, 0.29) is 18.2 Å². The van der Waals surface area contributed by atoms with Gasteiger partial charge in [-0.2, -0.15) is 0 Å². The third-order valence-corrected chi connectivity index (χ3v) is 5.19. The second-order valence-electron chi connectivity index (χ2n) is 6.82. The van der Waals surface area contributed by atoms with Crippen molar-refractivity contribution < 1.29 is 19.5 Å². The molecule has 0 spiro atoms. The maximum atomic E-state index is 12.6. The average Bonchev–Trinajstić information content (AvgIpc) is 2.68.